The minimum Gasteiger partial charge on any atom is -0.450 e. The molecule has 0 saturated carbocycles. The Morgan fingerprint density at radius 2 is 1.97 bits per heavy atom. The van der Waals surface area contributed by atoms with Gasteiger partial charge in [-0.05, 0) is 44.2 Å². The summed E-state index contributed by atoms with van der Waals surface area (Å²) in [5, 5.41) is 6.51. The third kappa shape index (κ3) is 5.40. The summed E-state index contributed by atoms with van der Waals surface area (Å²) in [5.74, 6) is 0.649. The number of aliphatic imine (C=N–C) groups is 1. The van der Waals surface area contributed by atoms with E-state index in [-0.39, 0.29) is 24.6 Å². The predicted octanol–water partition coefficient (Wildman–Crippen LogP) is 1.75. The van der Waals surface area contributed by atoms with E-state index < -0.39 is 0 Å². The molecule has 0 unspecified atom stereocenters. The number of aryl methyl sites for hydroxylation is 1. The fraction of sp³-hybridized carbons (Fsp3) is 0.571. The molecule has 0 aliphatic carbocycles. The molecule has 1 aromatic carbocycles. The molecule has 1 saturated heterocycles. The van der Waals surface area contributed by atoms with Crippen molar-refractivity contribution in [2.75, 3.05) is 44.7 Å². The fourth-order valence-electron chi connectivity index (χ4n) is 3.86. The van der Waals surface area contributed by atoms with E-state index in [1.807, 2.05) is 30.0 Å². The van der Waals surface area contributed by atoms with Crippen LogP contribution < -0.4 is 15.5 Å². The second-order valence-corrected chi connectivity index (χ2v) is 7.31. The fourth-order valence-corrected chi connectivity index (χ4v) is 3.86. The van der Waals surface area contributed by atoms with Crippen molar-refractivity contribution < 1.29 is 14.3 Å². The van der Waals surface area contributed by atoms with Gasteiger partial charge in [0.15, 0.2) is 5.96 Å². The molecule has 0 atom stereocenters. The third-order valence-corrected chi connectivity index (χ3v) is 5.40. The number of ether oxygens (including phenoxy) is 1. The first kappa shape index (κ1) is 21.0. The van der Waals surface area contributed by atoms with E-state index in [0.29, 0.717) is 25.7 Å². The highest BCUT2D eigenvalue weighted by atomic mass is 16.6. The minimum absolute atomic E-state index is 0.0391. The zero-order valence-electron chi connectivity index (χ0n) is 17.3. The summed E-state index contributed by atoms with van der Waals surface area (Å²) in [6.07, 6.45) is 3.37. The molecule has 8 nitrogen and oxygen atoms in total. The molecule has 2 N–H and O–H groups in total. The van der Waals surface area contributed by atoms with Crippen molar-refractivity contribution in [3.8, 4) is 0 Å². The van der Waals surface area contributed by atoms with E-state index in [1.165, 1.54) is 5.56 Å². The lowest BCUT2D eigenvalue weighted by atomic mass is 10.0. The van der Waals surface area contributed by atoms with Gasteiger partial charge < -0.3 is 25.2 Å². The number of nitrogens with one attached hydrogen (secondary N) is 2. The average Bonchev–Trinajstić information content (AvgIpc) is 2.76. The number of nitrogens with zero attached hydrogens (tertiary/aromatic N) is 3. The number of anilines is 1. The van der Waals surface area contributed by atoms with Crippen LogP contribution in [0.3, 0.4) is 0 Å². The van der Waals surface area contributed by atoms with Crippen LogP contribution in [0.4, 0.5) is 10.5 Å². The predicted molar refractivity (Wildman–Crippen MR) is 113 cm³/mol. The van der Waals surface area contributed by atoms with E-state index in [2.05, 4.69) is 21.7 Å². The lowest BCUT2D eigenvalue weighted by molar-refractivity contribution is -0.117. The number of benzene rings is 1. The van der Waals surface area contributed by atoms with E-state index in [4.69, 9.17) is 4.74 Å². The Labute approximate surface area is 172 Å². The third-order valence-electron chi connectivity index (χ3n) is 5.40. The highest BCUT2D eigenvalue weighted by molar-refractivity contribution is 5.98. The number of rotatable bonds is 4. The van der Waals surface area contributed by atoms with Gasteiger partial charge in [-0.3, -0.25) is 9.79 Å². The van der Waals surface area contributed by atoms with Crippen LogP contribution in [0.5, 0.6) is 0 Å². The zero-order valence-corrected chi connectivity index (χ0v) is 17.3. The lowest BCUT2D eigenvalue weighted by Crippen LogP contribution is -2.51. The number of fused-ring (bicyclic) bond motifs is 1. The molecule has 8 heteroatoms. The van der Waals surface area contributed by atoms with Gasteiger partial charge in [-0.25, -0.2) is 4.79 Å². The van der Waals surface area contributed by atoms with Crippen LogP contribution >= 0.6 is 0 Å². The summed E-state index contributed by atoms with van der Waals surface area (Å²) in [5.41, 5.74) is 2.24. The molecule has 1 fully saturated rings. The number of hydrogen-bond acceptors (Lipinski definition) is 4. The monoisotopic (exact) mass is 401 g/mol. The number of likely N-dealkylation sites (tertiary alicyclic amines) is 1. The summed E-state index contributed by atoms with van der Waals surface area (Å²) >= 11 is 0. The maximum atomic E-state index is 12.8. The van der Waals surface area contributed by atoms with Crippen molar-refractivity contribution >= 4 is 23.6 Å². The smallest absolute Gasteiger partial charge is 0.409 e. The van der Waals surface area contributed by atoms with Crippen LogP contribution in [0.2, 0.25) is 0 Å². The molecule has 158 valence electrons. The summed E-state index contributed by atoms with van der Waals surface area (Å²) in [7, 11) is 1.70. The van der Waals surface area contributed by atoms with E-state index in [1.54, 1.807) is 11.9 Å². The van der Waals surface area contributed by atoms with Crippen molar-refractivity contribution in [1.29, 1.82) is 0 Å². The number of amides is 2. The molecule has 2 heterocycles. The summed E-state index contributed by atoms with van der Waals surface area (Å²) in [6, 6.07) is 8.30. The van der Waals surface area contributed by atoms with Crippen LogP contribution in [0, 0.1) is 0 Å². The molecule has 29 heavy (non-hydrogen) atoms. The molecule has 2 amide bonds. The Kier molecular flexibility index (Phi) is 7.32. The van der Waals surface area contributed by atoms with Crippen LogP contribution in [0.15, 0.2) is 29.3 Å². The maximum absolute atomic E-state index is 12.8. The highest BCUT2D eigenvalue weighted by Crippen LogP contribution is 2.26. The van der Waals surface area contributed by atoms with Gasteiger partial charge in [-0.1, -0.05) is 18.2 Å². The summed E-state index contributed by atoms with van der Waals surface area (Å²) in [6.45, 7) is 4.44. The number of piperidine rings is 1. The van der Waals surface area contributed by atoms with Crippen molar-refractivity contribution in [2.24, 2.45) is 4.99 Å². The standard InChI is InChI=1S/C21H31N5O3/c1-3-29-21(28)25-13-10-17(11-14-25)24-20(22-2)23-15-19(27)26-12-6-8-16-7-4-5-9-18(16)26/h4-5,7,9,17H,3,6,8,10-15H2,1-2H3,(H2,22,23,24). The maximum Gasteiger partial charge on any atom is 0.409 e. The topological polar surface area (TPSA) is 86.3 Å². The normalized spacial score (nSPS) is 17.5. The second-order valence-electron chi connectivity index (χ2n) is 7.31. The largest absolute Gasteiger partial charge is 0.450 e. The number of carbonyl (C=O) groups is 2. The Bertz CT molecular complexity index is 744. The van der Waals surface area contributed by atoms with Gasteiger partial charge in [-0.15, -0.1) is 0 Å². The first-order chi connectivity index (χ1) is 14.1. The van der Waals surface area contributed by atoms with Gasteiger partial charge in [0.1, 0.15) is 0 Å². The van der Waals surface area contributed by atoms with Crippen LogP contribution in [0.25, 0.3) is 0 Å². The average molecular weight is 402 g/mol. The first-order valence-corrected chi connectivity index (χ1v) is 10.4. The van der Waals surface area contributed by atoms with Gasteiger partial charge in [-0.2, -0.15) is 0 Å². The summed E-state index contributed by atoms with van der Waals surface area (Å²) in [4.78, 5) is 32.4. The Morgan fingerprint density at radius 1 is 1.21 bits per heavy atom. The molecule has 0 radical (unpaired) electrons. The zero-order chi connectivity index (χ0) is 20.6. The Morgan fingerprint density at radius 3 is 2.69 bits per heavy atom. The van der Waals surface area contributed by atoms with E-state index in [9.17, 15) is 9.59 Å². The SMILES string of the molecule is CCOC(=O)N1CCC(NC(=NC)NCC(=O)N2CCCc3ccccc32)CC1. The number of carbonyl (C=O) groups excluding carboxylic acids is 2. The molecule has 1 aromatic rings. The molecule has 0 spiro atoms. The quantitative estimate of drug-likeness (QED) is 0.593. The lowest BCUT2D eigenvalue weighted by Gasteiger charge is -2.32. The Balaban J connectivity index is 1.47. The van der Waals surface area contributed by atoms with Crippen LogP contribution in [-0.4, -0.2) is 68.7 Å². The molecule has 2 aliphatic heterocycles. The molecule has 3 rings (SSSR count). The molecule has 2 aliphatic rings. The number of para-hydroxylation sites is 1. The molecule has 0 bridgehead atoms. The molecule has 0 aromatic heterocycles. The first-order valence-electron chi connectivity index (χ1n) is 10.4. The van der Waals surface area contributed by atoms with E-state index >= 15 is 0 Å². The van der Waals surface area contributed by atoms with Crippen LogP contribution in [-0.2, 0) is 16.0 Å². The van der Waals surface area contributed by atoms with Crippen LogP contribution in [0.1, 0.15) is 31.7 Å². The number of hydrogen-bond donors (Lipinski definition) is 2. The molecular formula is C21H31N5O3. The van der Waals surface area contributed by atoms with Gasteiger partial charge in [0.2, 0.25) is 5.91 Å². The molecular weight excluding hydrogens is 370 g/mol. The van der Waals surface area contributed by atoms with Crippen molar-refractivity contribution in [2.45, 2.75) is 38.6 Å². The van der Waals surface area contributed by atoms with Crippen molar-refractivity contribution in [3.05, 3.63) is 29.8 Å². The van der Waals surface area contributed by atoms with Gasteiger partial charge in [0.05, 0.1) is 13.2 Å². The second kappa shape index (κ2) is 10.1. The minimum atomic E-state index is -0.249. The van der Waals surface area contributed by atoms with E-state index in [0.717, 1.165) is 37.9 Å². The van der Waals surface area contributed by atoms with Gasteiger partial charge in [0, 0.05) is 38.4 Å². The number of guanidine groups is 1. The Hall–Kier alpha value is -2.77. The van der Waals surface area contributed by atoms with Crippen molar-refractivity contribution in [3.63, 3.8) is 0 Å². The van der Waals surface area contributed by atoms with Gasteiger partial charge in [0.25, 0.3) is 0 Å². The van der Waals surface area contributed by atoms with Crippen molar-refractivity contribution in [1.82, 2.24) is 15.5 Å². The highest BCUT2D eigenvalue weighted by Gasteiger charge is 2.25. The summed E-state index contributed by atoms with van der Waals surface area (Å²) < 4.78 is 5.05. The van der Waals surface area contributed by atoms with Gasteiger partial charge >= 0.3 is 6.09 Å².